The van der Waals surface area contributed by atoms with Crippen LogP contribution in [0.4, 0.5) is 0 Å². The number of rotatable bonds is 4. The quantitative estimate of drug-likeness (QED) is 0.853. The first-order chi connectivity index (χ1) is 10.2. The predicted molar refractivity (Wildman–Crippen MR) is 80.9 cm³/mol. The van der Waals surface area contributed by atoms with Gasteiger partial charge in [0.2, 0.25) is 11.8 Å². The maximum atomic E-state index is 12.2. The molecule has 2 amide bonds. The number of carbonyl (C=O) groups is 2. The van der Waals surface area contributed by atoms with Crippen LogP contribution in [-0.4, -0.2) is 43.0 Å². The van der Waals surface area contributed by atoms with E-state index in [0.29, 0.717) is 19.7 Å². The SMILES string of the molecule is CCOc1ccccc1C=CC(=O)N1CCCNC(=O)C1. The minimum Gasteiger partial charge on any atom is -0.493 e. The first-order valence-corrected chi connectivity index (χ1v) is 7.16. The van der Waals surface area contributed by atoms with Gasteiger partial charge in [-0.05, 0) is 25.5 Å². The second kappa shape index (κ2) is 7.47. The lowest BCUT2D eigenvalue weighted by Gasteiger charge is -2.16. The molecule has 0 aromatic heterocycles. The van der Waals surface area contributed by atoms with Gasteiger partial charge in [0, 0.05) is 24.7 Å². The number of nitrogens with zero attached hydrogens (tertiary/aromatic N) is 1. The number of benzene rings is 1. The Morgan fingerprint density at radius 3 is 3.05 bits per heavy atom. The molecule has 1 aliphatic heterocycles. The Morgan fingerprint density at radius 2 is 2.24 bits per heavy atom. The maximum Gasteiger partial charge on any atom is 0.247 e. The third-order valence-corrected chi connectivity index (χ3v) is 3.20. The zero-order valence-electron chi connectivity index (χ0n) is 12.2. The van der Waals surface area contributed by atoms with Crippen LogP contribution in [0.3, 0.4) is 0 Å². The standard InChI is InChI=1S/C16H20N2O3/c1-2-21-14-7-4-3-6-13(14)8-9-16(20)18-11-5-10-17-15(19)12-18/h3-4,6-9H,2,5,10-12H2,1H3,(H,17,19). The summed E-state index contributed by atoms with van der Waals surface area (Å²) in [4.78, 5) is 25.2. The Morgan fingerprint density at radius 1 is 1.43 bits per heavy atom. The second-order valence-electron chi connectivity index (χ2n) is 4.77. The van der Waals surface area contributed by atoms with E-state index in [4.69, 9.17) is 4.74 Å². The molecule has 2 rings (SSSR count). The topological polar surface area (TPSA) is 58.6 Å². The fraction of sp³-hybridized carbons (Fsp3) is 0.375. The van der Waals surface area contributed by atoms with Crippen molar-refractivity contribution in [3.8, 4) is 5.75 Å². The van der Waals surface area contributed by atoms with Gasteiger partial charge in [0.25, 0.3) is 0 Å². The molecule has 0 bridgehead atoms. The first kappa shape index (κ1) is 15.1. The van der Waals surface area contributed by atoms with Gasteiger partial charge in [-0.1, -0.05) is 18.2 Å². The molecule has 0 saturated carbocycles. The van der Waals surface area contributed by atoms with E-state index in [0.717, 1.165) is 17.7 Å². The molecule has 0 aliphatic carbocycles. The van der Waals surface area contributed by atoms with Crippen molar-refractivity contribution < 1.29 is 14.3 Å². The fourth-order valence-corrected chi connectivity index (χ4v) is 2.17. The van der Waals surface area contributed by atoms with Gasteiger partial charge in [-0.3, -0.25) is 9.59 Å². The number of hydrogen-bond donors (Lipinski definition) is 1. The van der Waals surface area contributed by atoms with E-state index in [1.54, 1.807) is 11.0 Å². The average Bonchev–Trinajstić information content (AvgIpc) is 2.71. The molecule has 1 aromatic rings. The largest absolute Gasteiger partial charge is 0.493 e. The van der Waals surface area contributed by atoms with E-state index in [1.807, 2.05) is 31.2 Å². The van der Waals surface area contributed by atoms with E-state index >= 15 is 0 Å². The van der Waals surface area contributed by atoms with Gasteiger partial charge in [-0.25, -0.2) is 0 Å². The van der Waals surface area contributed by atoms with Crippen LogP contribution in [-0.2, 0) is 9.59 Å². The molecular weight excluding hydrogens is 268 g/mol. The molecule has 21 heavy (non-hydrogen) atoms. The van der Waals surface area contributed by atoms with E-state index in [9.17, 15) is 9.59 Å². The van der Waals surface area contributed by atoms with Gasteiger partial charge < -0.3 is 15.0 Å². The molecule has 1 saturated heterocycles. The molecule has 0 spiro atoms. The van der Waals surface area contributed by atoms with Crippen LogP contribution < -0.4 is 10.1 Å². The Hall–Kier alpha value is -2.30. The lowest BCUT2D eigenvalue weighted by molar-refractivity contribution is -0.131. The number of para-hydroxylation sites is 1. The highest BCUT2D eigenvalue weighted by molar-refractivity contribution is 5.94. The van der Waals surface area contributed by atoms with Gasteiger partial charge in [0.15, 0.2) is 0 Å². The van der Waals surface area contributed by atoms with Crippen LogP contribution in [0.2, 0.25) is 0 Å². The molecule has 1 aliphatic rings. The minimum absolute atomic E-state index is 0.107. The van der Waals surface area contributed by atoms with Crippen molar-refractivity contribution >= 4 is 17.9 Å². The van der Waals surface area contributed by atoms with Crippen molar-refractivity contribution in [1.82, 2.24) is 10.2 Å². The normalized spacial score (nSPS) is 15.7. The van der Waals surface area contributed by atoms with Crippen LogP contribution in [0, 0.1) is 0 Å². The van der Waals surface area contributed by atoms with Crippen LogP contribution in [0.25, 0.3) is 6.08 Å². The second-order valence-corrected chi connectivity index (χ2v) is 4.77. The number of hydrogen-bond acceptors (Lipinski definition) is 3. The Balaban J connectivity index is 2.06. The molecule has 112 valence electrons. The highest BCUT2D eigenvalue weighted by Crippen LogP contribution is 2.19. The molecule has 0 unspecified atom stereocenters. The molecule has 0 atom stereocenters. The summed E-state index contributed by atoms with van der Waals surface area (Å²) in [7, 11) is 0. The smallest absolute Gasteiger partial charge is 0.247 e. The number of carbonyl (C=O) groups excluding carboxylic acids is 2. The number of ether oxygens (including phenoxy) is 1. The van der Waals surface area contributed by atoms with Crippen LogP contribution in [0.15, 0.2) is 30.3 Å². The summed E-state index contributed by atoms with van der Waals surface area (Å²) >= 11 is 0. The minimum atomic E-state index is -0.154. The Labute approximate surface area is 124 Å². The first-order valence-electron chi connectivity index (χ1n) is 7.16. The average molecular weight is 288 g/mol. The van der Waals surface area contributed by atoms with E-state index in [1.165, 1.54) is 6.08 Å². The van der Waals surface area contributed by atoms with Gasteiger partial charge in [-0.15, -0.1) is 0 Å². The van der Waals surface area contributed by atoms with Crippen molar-refractivity contribution in [2.75, 3.05) is 26.2 Å². The summed E-state index contributed by atoms with van der Waals surface area (Å²) in [5.41, 5.74) is 0.854. The molecule has 1 aromatic carbocycles. The molecule has 1 N–H and O–H groups in total. The van der Waals surface area contributed by atoms with Crippen molar-refractivity contribution in [3.05, 3.63) is 35.9 Å². The van der Waals surface area contributed by atoms with Gasteiger partial charge >= 0.3 is 0 Å². The zero-order chi connectivity index (χ0) is 15.1. The number of amides is 2. The highest BCUT2D eigenvalue weighted by Gasteiger charge is 2.17. The Bertz CT molecular complexity index is 540. The highest BCUT2D eigenvalue weighted by atomic mass is 16.5. The van der Waals surface area contributed by atoms with Crippen molar-refractivity contribution in [1.29, 1.82) is 0 Å². The lowest BCUT2D eigenvalue weighted by atomic mass is 10.2. The molecule has 5 heteroatoms. The fourth-order valence-electron chi connectivity index (χ4n) is 2.17. The third kappa shape index (κ3) is 4.34. The van der Waals surface area contributed by atoms with Crippen molar-refractivity contribution in [2.45, 2.75) is 13.3 Å². The van der Waals surface area contributed by atoms with E-state index < -0.39 is 0 Å². The van der Waals surface area contributed by atoms with Gasteiger partial charge in [0.1, 0.15) is 5.75 Å². The maximum absolute atomic E-state index is 12.2. The third-order valence-electron chi connectivity index (χ3n) is 3.20. The molecular formula is C16H20N2O3. The van der Waals surface area contributed by atoms with Gasteiger partial charge in [-0.2, -0.15) is 0 Å². The van der Waals surface area contributed by atoms with Crippen LogP contribution >= 0.6 is 0 Å². The molecule has 5 nitrogen and oxygen atoms in total. The molecule has 0 radical (unpaired) electrons. The van der Waals surface area contributed by atoms with Crippen molar-refractivity contribution in [3.63, 3.8) is 0 Å². The summed E-state index contributed by atoms with van der Waals surface area (Å²) in [6, 6.07) is 7.55. The monoisotopic (exact) mass is 288 g/mol. The van der Waals surface area contributed by atoms with Crippen molar-refractivity contribution in [2.24, 2.45) is 0 Å². The lowest BCUT2D eigenvalue weighted by Crippen LogP contribution is -2.36. The van der Waals surface area contributed by atoms with E-state index in [2.05, 4.69) is 5.32 Å². The summed E-state index contributed by atoms with van der Waals surface area (Å²) in [5, 5.41) is 2.75. The summed E-state index contributed by atoms with van der Waals surface area (Å²) in [5.74, 6) is 0.486. The molecule has 1 heterocycles. The predicted octanol–water partition coefficient (Wildman–Crippen LogP) is 1.45. The van der Waals surface area contributed by atoms with Crippen LogP contribution in [0.1, 0.15) is 18.9 Å². The van der Waals surface area contributed by atoms with Gasteiger partial charge in [0.05, 0.1) is 13.2 Å². The van der Waals surface area contributed by atoms with Crippen LogP contribution in [0.5, 0.6) is 5.75 Å². The Kier molecular flexibility index (Phi) is 5.37. The summed E-state index contributed by atoms with van der Waals surface area (Å²) in [6.07, 6.45) is 4.01. The molecule has 1 fully saturated rings. The summed E-state index contributed by atoms with van der Waals surface area (Å²) < 4.78 is 5.51. The zero-order valence-corrected chi connectivity index (χ0v) is 12.2. The summed E-state index contributed by atoms with van der Waals surface area (Å²) in [6.45, 7) is 3.83. The number of nitrogens with one attached hydrogen (secondary N) is 1. The van der Waals surface area contributed by atoms with E-state index in [-0.39, 0.29) is 18.4 Å².